The normalized spacial score (nSPS) is 10.7. The van der Waals surface area contributed by atoms with Gasteiger partial charge in [0, 0.05) is 17.6 Å². The Hall–Kier alpha value is -1.87. The van der Waals surface area contributed by atoms with Crippen LogP contribution in [0.15, 0.2) is 65.1 Å². The average Bonchev–Trinajstić information content (AvgIpc) is 2.48. The van der Waals surface area contributed by atoms with Gasteiger partial charge in [0.05, 0.1) is 4.47 Å². The van der Waals surface area contributed by atoms with Crippen molar-refractivity contribution >= 4 is 32.4 Å². The van der Waals surface area contributed by atoms with E-state index in [4.69, 9.17) is 0 Å². The summed E-state index contributed by atoms with van der Waals surface area (Å²) in [4.78, 5) is 0. The molecule has 0 fully saturated rings. The van der Waals surface area contributed by atoms with Gasteiger partial charge in [0.1, 0.15) is 5.82 Å². The van der Waals surface area contributed by atoms with Crippen LogP contribution in [0.5, 0.6) is 0 Å². The molecule has 3 heteroatoms. The minimum atomic E-state index is -0.237. The molecule has 0 aliphatic heterocycles. The van der Waals surface area contributed by atoms with E-state index < -0.39 is 0 Å². The van der Waals surface area contributed by atoms with Crippen LogP contribution >= 0.6 is 15.9 Å². The van der Waals surface area contributed by atoms with Crippen LogP contribution in [-0.2, 0) is 6.54 Å². The van der Waals surface area contributed by atoms with E-state index in [0.29, 0.717) is 11.0 Å². The Kier molecular flexibility index (Phi) is 3.70. The number of anilines is 1. The molecule has 0 bridgehead atoms. The molecular formula is C17H13BrFN. The maximum absolute atomic E-state index is 13.2. The lowest BCUT2D eigenvalue weighted by Gasteiger charge is -2.10. The highest BCUT2D eigenvalue weighted by molar-refractivity contribution is 9.10. The van der Waals surface area contributed by atoms with E-state index in [2.05, 4.69) is 45.5 Å². The zero-order valence-electron chi connectivity index (χ0n) is 10.7. The van der Waals surface area contributed by atoms with Crippen molar-refractivity contribution in [3.63, 3.8) is 0 Å². The summed E-state index contributed by atoms with van der Waals surface area (Å²) in [5.41, 5.74) is 2.12. The van der Waals surface area contributed by atoms with Gasteiger partial charge in [0.2, 0.25) is 0 Å². The molecular weight excluding hydrogens is 317 g/mol. The van der Waals surface area contributed by atoms with Gasteiger partial charge >= 0.3 is 0 Å². The lowest BCUT2D eigenvalue weighted by molar-refractivity contribution is 0.620. The number of fused-ring (bicyclic) bond motifs is 1. The fourth-order valence-corrected chi connectivity index (χ4v) is 2.65. The quantitative estimate of drug-likeness (QED) is 0.682. The standard InChI is InChI=1S/C17H13BrFN/c18-15-10-12(8-9-16(15)19)11-20-17-7-3-5-13-4-1-2-6-14(13)17/h1-10,20H,11H2. The second kappa shape index (κ2) is 5.63. The topological polar surface area (TPSA) is 12.0 Å². The maximum atomic E-state index is 13.2. The van der Waals surface area contributed by atoms with Crippen LogP contribution in [0.4, 0.5) is 10.1 Å². The summed E-state index contributed by atoms with van der Waals surface area (Å²) in [5.74, 6) is -0.237. The Bertz CT molecular complexity index is 750. The van der Waals surface area contributed by atoms with Crippen LogP contribution in [0.25, 0.3) is 10.8 Å². The number of halogens is 2. The van der Waals surface area contributed by atoms with Crippen molar-refractivity contribution in [1.29, 1.82) is 0 Å². The van der Waals surface area contributed by atoms with E-state index in [0.717, 1.165) is 11.3 Å². The number of hydrogen-bond acceptors (Lipinski definition) is 1. The summed E-state index contributed by atoms with van der Waals surface area (Å²) in [6, 6.07) is 19.5. The fraction of sp³-hybridized carbons (Fsp3) is 0.0588. The van der Waals surface area contributed by atoms with Crippen LogP contribution in [0.3, 0.4) is 0 Å². The SMILES string of the molecule is Fc1ccc(CNc2cccc3ccccc23)cc1Br. The van der Waals surface area contributed by atoms with Gasteiger partial charge in [-0.05, 0) is 45.1 Å². The van der Waals surface area contributed by atoms with Crippen LogP contribution < -0.4 is 5.32 Å². The minimum Gasteiger partial charge on any atom is -0.380 e. The van der Waals surface area contributed by atoms with E-state index in [1.807, 2.05) is 18.2 Å². The van der Waals surface area contributed by atoms with E-state index >= 15 is 0 Å². The molecule has 0 saturated carbocycles. The molecule has 0 aliphatic carbocycles. The molecule has 3 aromatic carbocycles. The van der Waals surface area contributed by atoms with E-state index in [-0.39, 0.29) is 5.82 Å². The second-order valence-corrected chi connectivity index (χ2v) is 5.48. The van der Waals surface area contributed by atoms with Gasteiger partial charge in [-0.15, -0.1) is 0 Å². The molecule has 0 radical (unpaired) electrons. The molecule has 0 aliphatic rings. The summed E-state index contributed by atoms with van der Waals surface area (Å²) >= 11 is 3.21. The molecule has 0 aromatic heterocycles. The van der Waals surface area contributed by atoms with Gasteiger partial charge in [-0.1, -0.05) is 42.5 Å². The Morgan fingerprint density at radius 3 is 2.60 bits per heavy atom. The number of nitrogens with one attached hydrogen (secondary N) is 1. The Morgan fingerprint density at radius 1 is 0.950 bits per heavy atom. The molecule has 1 nitrogen and oxygen atoms in total. The largest absolute Gasteiger partial charge is 0.380 e. The molecule has 0 amide bonds. The Balaban J connectivity index is 1.85. The van der Waals surface area contributed by atoms with Crippen LogP contribution in [0.1, 0.15) is 5.56 Å². The molecule has 0 atom stereocenters. The Morgan fingerprint density at radius 2 is 1.75 bits per heavy atom. The summed E-state index contributed by atoms with van der Waals surface area (Å²) in [5, 5.41) is 5.80. The molecule has 0 saturated heterocycles. The predicted octanol–water partition coefficient (Wildman–Crippen LogP) is 5.35. The molecule has 20 heavy (non-hydrogen) atoms. The van der Waals surface area contributed by atoms with Gasteiger partial charge < -0.3 is 5.32 Å². The molecule has 1 N–H and O–H groups in total. The average molecular weight is 330 g/mol. The van der Waals surface area contributed by atoms with Gasteiger partial charge in [-0.25, -0.2) is 4.39 Å². The smallest absolute Gasteiger partial charge is 0.137 e. The monoisotopic (exact) mass is 329 g/mol. The van der Waals surface area contributed by atoms with Gasteiger partial charge in [-0.3, -0.25) is 0 Å². The highest BCUT2D eigenvalue weighted by Crippen LogP contribution is 2.24. The molecule has 3 rings (SSSR count). The highest BCUT2D eigenvalue weighted by atomic mass is 79.9. The van der Waals surface area contributed by atoms with Crippen LogP contribution in [0.2, 0.25) is 0 Å². The van der Waals surface area contributed by atoms with E-state index in [9.17, 15) is 4.39 Å². The number of rotatable bonds is 3. The molecule has 100 valence electrons. The summed E-state index contributed by atoms with van der Waals surface area (Å²) in [7, 11) is 0. The minimum absolute atomic E-state index is 0.237. The van der Waals surface area contributed by atoms with Crippen molar-refractivity contribution < 1.29 is 4.39 Å². The lowest BCUT2D eigenvalue weighted by Crippen LogP contribution is -2.00. The molecule has 0 unspecified atom stereocenters. The zero-order valence-corrected chi connectivity index (χ0v) is 12.3. The first kappa shape index (κ1) is 13.1. The van der Waals surface area contributed by atoms with Gasteiger partial charge in [-0.2, -0.15) is 0 Å². The zero-order chi connectivity index (χ0) is 13.9. The molecule has 0 heterocycles. The lowest BCUT2D eigenvalue weighted by atomic mass is 10.1. The summed E-state index contributed by atoms with van der Waals surface area (Å²) in [6.07, 6.45) is 0. The first-order valence-corrected chi connectivity index (χ1v) is 7.19. The summed E-state index contributed by atoms with van der Waals surface area (Å²) < 4.78 is 13.7. The number of benzene rings is 3. The molecule has 3 aromatic rings. The van der Waals surface area contributed by atoms with Crippen molar-refractivity contribution in [3.05, 3.63) is 76.5 Å². The third-order valence-electron chi connectivity index (χ3n) is 3.26. The molecule has 0 spiro atoms. The van der Waals surface area contributed by atoms with Crippen molar-refractivity contribution in [2.75, 3.05) is 5.32 Å². The van der Waals surface area contributed by atoms with Gasteiger partial charge in [0.15, 0.2) is 0 Å². The summed E-state index contributed by atoms with van der Waals surface area (Å²) in [6.45, 7) is 0.660. The third kappa shape index (κ3) is 2.68. The van der Waals surface area contributed by atoms with Crippen molar-refractivity contribution in [1.82, 2.24) is 0 Å². The third-order valence-corrected chi connectivity index (χ3v) is 3.86. The predicted molar refractivity (Wildman–Crippen MR) is 85.4 cm³/mol. The Labute approximate surface area is 125 Å². The first-order valence-electron chi connectivity index (χ1n) is 6.39. The van der Waals surface area contributed by atoms with Crippen molar-refractivity contribution in [2.24, 2.45) is 0 Å². The van der Waals surface area contributed by atoms with Crippen LogP contribution in [0, 0.1) is 5.82 Å². The van der Waals surface area contributed by atoms with Crippen LogP contribution in [-0.4, -0.2) is 0 Å². The highest BCUT2D eigenvalue weighted by Gasteiger charge is 2.02. The van der Waals surface area contributed by atoms with E-state index in [1.165, 1.54) is 16.8 Å². The fourth-order valence-electron chi connectivity index (χ4n) is 2.23. The van der Waals surface area contributed by atoms with Crippen molar-refractivity contribution in [3.8, 4) is 0 Å². The van der Waals surface area contributed by atoms with Crippen molar-refractivity contribution in [2.45, 2.75) is 6.54 Å². The second-order valence-electron chi connectivity index (χ2n) is 4.63. The van der Waals surface area contributed by atoms with Gasteiger partial charge in [0.25, 0.3) is 0 Å². The van der Waals surface area contributed by atoms with E-state index in [1.54, 1.807) is 12.1 Å². The maximum Gasteiger partial charge on any atom is 0.137 e. The first-order chi connectivity index (χ1) is 9.74. The number of hydrogen-bond donors (Lipinski definition) is 1.